The van der Waals surface area contributed by atoms with Crippen molar-refractivity contribution in [3.8, 4) is 0 Å². The summed E-state index contributed by atoms with van der Waals surface area (Å²) in [5, 5.41) is 2.96. The van der Waals surface area contributed by atoms with E-state index in [0.717, 1.165) is 24.9 Å². The van der Waals surface area contributed by atoms with Crippen LogP contribution in [-0.2, 0) is 27.7 Å². The van der Waals surface area contributed by atoms with E-state index in [0.29, 0.717) is 6.54 Å². The number of amidine groups is 1. The van der Waals surface area contributed by atoms with E-state index in [-0.39, 0.29) is 23.1 Å². The van der Waals surface area contributed by atoms with Gasteiger partial charge >= 0.3 is 0 Å². The number of carbonyl (C=O) groups excluding carboxylic acids is 1. The van der Waals surface area contributed by atoms with E-state index >= 15 is 0 Å². The van der Waals surface area contributed by atoms with Crippen LogP contribution in [0, 0.1) is 0 Å². The molecule has 0 atom stereocenters. The summed E-state index contributed by atoms with van der Waals surface area (Å²) >= 11 is 0. The summed E-state index contributed by atoms with van der Waals surface area (Å²) in [6.07, 6.45) is 9.37. The fourth-order valence-electron chi connectivity index (χ4n) is 3.48. The van der Waals surface area contributed by atoms with Crippen LogP contribution in [0.4, 0.5) is 5.69 Å². The van der Waals surface area contributed by atoms with Gasteiger partial charge in [0.25, 0.3) is 15.9 Å². The number of rotatable bonds is 2. The van der Waals surface area contributed by atoms with E-state index in [4.69, 9.17) is 0 Å². The molecule has 0 unspecified atom stereocenters. The third kappa shape index (κ3) is 3.11. The lowest BCUT2D eigenvalue weighted by atomic mass is 9.90. The van der Waals surface area contributed by atoms with Crippen LogP contribution in [0.5, 0.6) is 0 Å². The monoisotopic (exact) mass is 357 g/mol. The summed E-state index contributed by atoms with van der Waals surface area (Å²) in [6, 6.07) is 5.95. The van der Waals surface area contributed by atoms with Crippen molar-refractivity contribution < 1.29 is 13.2 Å². The Morgan fingerprint density at radius 1 is 1.20 bits per heavy atom. The van der Waals surface area contributed by atoms with E-state index in [1.54, 1.807) is 23.3 Å². The van der Waals surface area contributed by atoms with Crippen LogP contribution in [0.25, 0.3) is 0 Å². The van der Waals surface area contributed by atoms with Gasteiger partial charge in [0, 0.05) is 18.4 Å². The summed E-state index contributed by atoms with van der Waals surface area (Å²) in [4.78, 5) is 14.5. The average molecular weight is 357 g/mol. The number of nitrogens with one attached hydrogen (secondary N) is 1. The average Bonchev–Trinajstić information content (AvgIpc) is 2.61. The van der Waals surface area contributed by atoms with Crippen molar-refractivity contribution in [2.75, 3.05) is 17.6 Å². The molecule has 6 nitrogen and oxygen atoms in total. The summed E-state index contributed by atoms with van der Waals surface area (Å²) < 4.78 is 27.5. The Hall–Kier alpha value is -2.41. The fraction of sp³-hybridized carbons (Fsp3) is 0.333. The first-order valence-corrected chi connectivity index (χ1v) is 10.0. The second-order valence-corrected chi connectivity index (χ2v) is 8.18. The lowest BCUT2D eigenvalue weighted by Crippen LogP contribution is -2.41. The number of anilines is 1. The first-order chi connectivity index (χ1) is 12.0. The van der Waals surface area contributed by atoms with Gasteiger partial charge in [0.15, 0.2) is 5.84 Å². The molecule has 25 heavy (non-hydrogen) atoms. The second kappa shape index (κ2) is 6.15. The van der Waals surface area contributed by atoms with Crippen molar-refractivity contribution in [3.05, 3.63) is 53.3 Å². The van der Waals surface area contributed by atoms with Gasteiger partial charge in [-0.3, -0.25) is 4.79 Å². The summed E-state index contributed by atoms with van der Waals surface area (Å²) in [5.74, 6) is -0.165. The van der Waals surface area contributed by atoms with Gasteiger partial charge in [0.1, 0.15) is 0 Å². The van der Waals surface area contributed by atoms with Crippen LogP contribution in [-0.4, -0.2) is 37.4 Å². The van der Waals surface area contributed by atoms with Crippen LogP contribution in [0.3, 0.4) is 0 Å². The minimum atomic E-state index is -3.52. The molecule has 1 N–H and O–H groups in total. The van der Waals surface area contributed by atoms with Gasteiger partial charge in [0.2, 0.25) is 0 Å². The lowest BCUT2D eigenvalue weighted by molar-refractivity contribution is -0.112. The molecule has 0 aromatic heterocycles. The number of fused-ring (bicyclic) bond motifs is 2. The molecule has 4 rings (SSSR count). The van der Waals surface area contributed by atoms with Gasteiger partial charge < -0.3 is 10.2 Å². The number of nitrogens with zero attached hydrogens (tertiary/aromatic N) is 2. The normalized spacial score (nSPS) is 20.9. The molecule has 0 fully saturated rings. The molecule has 1 aromatic rings. The maximum absolute atomic E-state index is 12.8. The number of amides is 1. The smallest absolute Gasteiger partial charge is 0.259 e. The summed E-state index contributed by atoms with van der Waals surface area (Å²) in [7, 11) is -3.52. The third-order valence-electron chi connectivity index (χ3n) is 4.75. The lowest BCUT2D eigenvalue weighted by Gasteiger charge is -2.29. The minimum absolute atomic E-state index is 0.0397. The first kappa shape index (κ1) is 16.1. The van der Waals surface area contributed by atoms with E-state index in [1.165, 1.54) is 17.5 Å². The second-order valence-electron chi connectivity index (χ2n) is 6.42. The van der Waals surface area contributed by atoms with Crippen LogP contribution < -0.4 is 5.32 Å². The number of aryl methyl sites for hydroxylation is 1. The quantitative estimate of drug-likeness (QED) is 0.878. The molecule has 0 spiro atoms. The van der Waals surface area contributed by atoms with Crippen LogP contribution >= 0.6 is 0 Å². The Balaban J connectivity index is 1.64. The molecular weight excluding hydrogens is 338 g/mol. The Kier molecular flexibility index (Phi) is 3.95. The molecule has 0 radical (unpaired) electrons. The van der Waals surface area contributed by atoms with Gasteiger partial charge in [-0.1, -0.05) is 12.1 Å². The zero-order valence-electron chi connectivity index (χ0n) is 13.7. The molecule has 1 aromatic carbocycles. The molecule has 0 bridgehead atoms. The number of benzene rings is 1. The molecular formula is C18H19N3O3S. The van der Waals surface area contributed by atoms with Gasteiger partial charge in [-0.2, -0.15) is 0 Å². The zero-order chi connectivity index (χ0) is 17.4. The van der Waals surface area contributed by atoms with Crippen molar-refractivity contribution in [1.82, 2.24) is 4.90 Å². The predicted octanol–water partition coefficient (Wildman–Crippen LogP) is 2.00. The number of sulfonamides is 1. The Morgan fingerprint density at radius 2 is 2.04 bits per heavy atom. The standard InChI is InChI=1S/C18H19N3O3S/c22-18(19-16-9-3-6-13-5-1-2-7-14(13)16)15-8-4-10-21-11-12-25(23,24)20-17(15)21/h3-4,6,8-10H,1-2,5,7,11-12H2,(H,19,22). The molecule has 1 amide bonds. The van der Waals surface area contributed by atoms with E-state index in [1.807, 2.05) is 12.1 Å². The van der Waals surface area contributed by atoms with Crippen molar-refractivity contribution in [3.63, 3.8) is 0 Å². The highest BCUT2D eigenvalue weighted by molar-refractivity contribution is 7.90. The zero-order valence-corrected chi connectivity index (χ0v) is 14.6. The molecule has 0 saturated carbocycles. The molecule has 0 saturated heterocycles. The highest BCUT2D eigenvalue weighted by Gasteiger charge is 2.30. The Labute approximate surface area is 147 Å². The topological polar surface area (TPSA) is 78.8 Å². The van der Waals surface area contributed by atoms with Crippen LogP contribution in [0.15, 0.2) is 46.5 Å². The number of allylic oxidation sites excluding steroid dienone is 2. The molecule has 2 heterocycles. The molecule has 3 aliphatic rings. The Morgan fingerprint density at radius 3 is 2.92 bits per heavy atom. The molecule has 7 heteroatoms. The fourth-order valence-corrected chi connectivity index (χ4v) is 4.47. The van der Waals surface area contributed by atoms with Crippen molar-refractivity contribution in [1.29, 1.82) is 0 Å². The van der Waals surface area contributed by atoms with Crippen molar-refractivity contribution >= 4 is 27.5 Å². The van der Waals surface area contributed by atoms with Gasteiger partial charge in [-0.05, 0) is 55.0 Å². The number of hydrogen-bond acceptors (Lipinski definition) is 4. The SMILES string of the molecule is O=C(Nc1cccc2c1CCCC2)C1=CC=CN2CCS(=O)(=O)N=C12. The highest BCUT2D eigenvalue weighted by Crippen LogP contribution is 2.28. The number of carbonyl (C=O) groups is 1. The van der Waals surface area contributed by atoms with Crippen LogP contribution in [0.2, 0.25) is 0 Å². The molecule has 2 aliphatic heterocycles. The third-order valence-corrected chi connectivity index (χ3v) is 5.90. The van der Waals surface area contributed by atoms with Crippen LogP contribution in [0.1, 0.15) is 24.0 Å². The summed E-state index contributed by atoms with van der Waals surface area (Å²) in [5.41, 5.74) is 3.55. The van der Waals surface area contributed by atoms with Gasteiger partial charge in [-0.15, -0.1) is 4.40 Å². The van der Waals surface area contributed by atoms with Gasteiger partial charge in [0.05, 0.1) is 11.3 Å². The van der Waals surface area contributed by atoms with Gasteiger partial charge in [-0.25, -0.2) is 8.42 Å². The molecule has 130 valence electrons. The molecule has 1 aliphatic carbocycles. The Bertz CT molecular complexity index is 929. The largest absolute Gasteiger partial charge is 0.331 e. The maximum atomic E-state index is 12.8. The number of hydrogen-bond donors (Lipinski definition) is 1. The summed E-state index contributed by atoms with van der Waals surface area (Å²) in [6.45, 7) is 0.309. The van der Waals surface area contributed by atoms with E-state index in [9.17, 15) is 13.2 Å². The first-order valence-electron chi connectivity index (χ1n) is 8.44. The maximum Gasteiger partial charge on any atom is 0.259 e. The minimum Gasteiger partial charge on any atom is -0.331 e. The predicted molar refractivity (Wildman–Crippen MR) is 96.9 cm³/mol. The van der Waals surface area contributed by atoms with Crippen molar-refractivity contribution in [2.24, 2.45) is 4.40 Å². The highest BCUT2D eigenvalue weighted by atomic mass is 32.2. The van der Waals surface area contributed by atoms with Crippen molar-refractivity contribution in [2.45, 2.75) is 25.7 Å². The van der Waals surface area contributed by atoms with E-state index < -0.39 is 10.0 Å². The van der Waals surface area contributed by atoms with E-state index in [2.05, 4.69) is 15.8 Å².